The minimum atomic E-state index is -0.233. The van der Waals surface area contributed by atoms with Gasteiger partial charge in [0, 0.05) is 12.0 Å². The minimum absolute atomic E-state index is 0.153. The number of quaternary nitrogens is 1. The summed E-state index contributed by atoms with van der Waals surface area (Å²) in [6.45, 7) is 5.94. The zero-order chi connectivity index (χ0) is 26.8. The minimum Gasteiger partial charge on any atom is -0.493 e. The van der Waals surface area contributed by atoms with Crippen molar-refractivity contribution in [3.8, 4) is 5.75 Å². The van der Waals surface area contributed by atoms with Crippen LogP contribution in [0.2, 0.25) is 0 Å². The SMILES string of the molecule is CCCCCCCCCCCCc1cccc(OCCCOC(=O)C(C)[N+](C)(C)Cc2ccccc2)c1. The van der Waals surface area contributed by atoms with Crippen molar-refractivity contribution in [2.75, 3.05) is 27.3 Å². The predicted octanol–water partition coefficient (Wildman–Crippen LogP) is 8.13. The number of benzene rings is 2. The number of aryl methyl sites for hydroxylation is 1. The van der Waals surface area contributed by atoms with Crippen LogP contribution in [0.3, 0.4) is 0 Å². The van der Waals surface area contributed by atoms with Gasteiger partial charge >= 0.3 is 5.97 Å². The second-order valence-electron chi connectivity index (χ2n) is 11.0. The number of hydrogen-bond donors (Lipinski definition) is 0. The fraction of sp³-hybridized carbons (Fsp3) is 0.606. The number of likely N-dealkylation sites (N-methyl/N-ethyl adjacent to an activating group) is 1. The van der Waals surface area contributed by atoms with Gasteiger partial charge in [-0.2, -0.15) is 0 Å². The number of hydrogen-bond acceptors (Lipinski definition) is 3. The van der Waals surface area contributed by atoms with E-state index in [1.165, 1.54) is 75.3 Å². The second-order valence-corrected chi connectivity index (χ2v) is 11.0. The van der Waals surface area contributed by atoms with E-state index in [9.17, 15) is 4.79 Å². The number of ether oxygens (including phenoxy) is 2. The maximum atomic E-state index is 12.6. The van der Waals surface area contributed by atoms with E-state index >= 15 is 0 Å². The van der Waals surface area contributed by atoms with Crippen LogP contribution in [-0.2, 0) is 22.5 Å². The van der Waals surface area contributed by atoms with Gasteiger partial charge in [-0.3, -0.25) is 0 Å². The van der Waals surface area contributed by atoms with E-state index < -0.39 is 0 Å². The lowest BCUT2D eigenvalue weighted by molar-refractivity contribution is -0.917. The van der Waals surface area contributed by atoms with Crippen LogP contribution < -0.4 is 4.74 Å². The Kier molecular flexibility index (Phi) is 15.0. The first-order valence-corrected chi connectivity index (χ1v) is 14.7. The molecule has 0 bridgehead atoms. The van der Waals surface area contributed by atoms with Crippen LogP contribution >= 0.6 is 0 Å². The van der Waals surface area contributed by atoms with Gasteiger partial charge in [0.25, 0.3) is 0 Å². The topological polar surface area (TPSA) is 35.5 Å². The summed E-state index contributed by atoms with van der Waals surface area (Å²) in [5.41, 5.74) is 2.56. The molecular weight excluding hydrogens is 458 g/mol. The molecule has 0 aliphatic carbocycles. The molecule has 2 aromatic carbocycles. The van der Waals surface area contributed by atoms with Crippen LogP contribution in [0.15, 0.2) is 54.6 Å². The number of esters is 1. The number of carbonyl (C=O) groups is 1. The van der Waals surface area contributed by atoms with Crippen molar-refractivity contribution in [1.82, 2.24) is 0 Å². The van der Waals surface area contributed by atoms with Crippen LogP contribution in [0.5, 0.6) is 5.75 Å². The molecule has 0 amide bonds. The van der Waals surface area contributed by atoms with E-state index in [0.29, 0.717) is 24.1 Å². The standard InChI is InChI=1S/C33H52NO3/c1-5-6-7-8-9-10-11-12-13-15-20-30-23-18-24-32(27-30)36-25-19-26-37-33(35)29(2)34(3,4)28-31-21-16-14-17-22-31/h14,16-18,21-24,27,29H,5-13,15,19-20,25-26,28H2,1-4H3/q+1. The zero-order valence-corrected chi connectivity index (χ0v) is 24.1. The Hall–Kier alpha value is -2.33. The Morgan fingerprint density at radius 2 is 1.38 bits per heavy atom. The lowest BCUT2D eigenvalue weighted by atomic mass is 10.0. The Balaban J connectivity index is 1.57. The summed E-state index contributed by atoms with van der Waals surface area (Å²) in [6, 6.07) is 18.5. The Bertz CT molecular complexity index is 865. The predicted molar refractivity (Wildman–Crippen MR) is 155 cm³/mol. The molecule has 0 heterocycles. The van der Waals surface area contributed by atoms with Crippen molar-refractivity contribution in [3.63, 3.8) is 0 Å². The summed E-state index contributed by atoms with van der Waals surface area (Å²) >= 11 is 0. The second kappa shape index (κ2) is 18.0. The van der Waals surface area contributed by atoms with E-state index in [1.807, 2.05) is 31.2 Å². The van der Waals surface area contributed by atoms with Crippen LogP contribution in [0.25, 0.3) is 0 Å². The van der Waals surface area contributed by atoms with Crippen molar-refractivity contribution >= 4 is 5.97 Å². The first-order chi connectivity index (χ1) is 17.9. The summed E-state index contributed by atoms with van der Waals surface area (Å²) in [5.74, 6) is 0.754. The van der Waals surface area contributed by atoms with Gasteiger partial charge in [0.05, 0.1) is 27.3 Å². The summed E-state index contributed by atoms with van der Waals surface area (Å²) in [7, 11) is 4.15. The fourth-order valence-electron chi connectivity index (χ4n) is 4.63. The molecule has 2 aromatic rings. The molecule has 0 aliphatic rings. The molecular formula is C33H52NO3+. The van der Waals surface area contributed by atoms with E-state index in [0.717, 1.165) is 18.7 Å². The number of rotatable bonds is 20. The van der Waals surface area contributed by atoms with Gasteiger partial charge in [-0.25, -0.2) is 4.79 Å². The quantitative estimate of drug-likeness (QED) is 0.102. The lowest BCUT2D eigenvalue weighted by Crippen LogP contribution is -2.51. The summed E-state index contributed by atoms with van der Waals surface area (Å²) in [6.07, 6.45) is 15.4. The Morgan fingerprint density at radius 1 is 0.757 bits per heavy atom. The highest BCUT2D eigenvalue weighted by molar-refractivity contribution is 5.74. The molecule has 1 unspecified atom stereocenters. The van der Waals surface area contributed by atoms with Crippen molar-refractivity contribution in [1.29, 1.82) is 0 Å². The first kappa shape index (κ1) is 30.9. The van der Waals surface area contributed by atoms with Crippen LogP contribution in [0.4, 0.5) is 0 Å². The van der Waals surface area contributed by atoms with Crippen LogP contribution in [0, 0.1) is 0 Å². The van der Waals surface area contributed by atoms with Crippen LogP contribution in [0.1, 0.15) is 95.6 Å². The first-order valence-electron chi connectivity index (χ1n) is 14.7. The van der Waals surface area contributed by atoms with Gasteiger partial charge < -0.3 is 14.0 Å². The van der Waals surface area contributed by atoms with Crippen molar-refractivity contribution in [2.45, 2.75) is 103 Å². The highest BCUT2D eigenvalue weighted by atomic mass is 16.5. The van der Waals surface area contributed by atoms with Crippen molar-refractivity contribution in [2.24, 2.45) is 0 Å². The average molecular weight is 511 g/mol. The highest BCUT2D eigenvalue weighted by Crippen LogP contribution is 2.18. The normalized spacial score (nSPS) is 12.3. The molecule has 37 heavy (non-hydrogen) atoms. The monoisotopic (exact) mass is 510 g/mol. The molecule has 2 rings (SSSR count). The van der Waals surface area contributed by atoms with Crippen molar-refractivity contribution < 1.29 is 18.8 Å². The molecule has 0 aliphatic heterocycles. The van der Waals surface area contributed by atoms with E-state index in [4.69, 9.17) is 9.47 Å². The highest BCUT2D eigenvalue weighted by Gasteiger charge is 2.32. The molecule has 0 radical (unpaired) electrons. The summed E-state index contributed by atoms with van der Waals surface area (Å²) in [5, 5.41) is 0. The molecule has 4 nitrogen and oxygen atoms in total. The molecule has 206 valence electrons. The third-order valence-corrected chi connectivity index (χ3v) is 7.34. The maximum Gasteiger partial charge on any atom is 0.364 e. The molecule has 0 fully saturated rings. The smallest absolute Gasteiger partial charge is 0.364 e. The number of unbranched alkanes of at least 4 members (excludes halogenated alkanes) is 9. The average Bonchev–Trinajstić information content (AvgIpc) is 2.89. The van der Waals surface area contributed by atoms with Crippen molar-refractivity contribution in [3.05, 3.63) is 65.7 Å². The van der Waals surface area contributed by atoms with E-state index in [1.54, 1.807) is 0 Å². The Labute approximate surface area is 227 Å². The number of carbonyl (C=O) groups excluding carboxylic acids is 1. The van der Waals surface area contributed by atoms with Gasteiger partial charge in [-0.05, 0) is 37.5 Å². The molecule has 0 saturated carbocycles. The summed E-state index contributed by atoms with van der Waals surface area (Å²) in [4.78, 5) is 12.6. The van der Waals surface area contributed by atoms with E-state index in [2.05, 4.69) is 51.4 Å². The van der Waals surface area contributed by atoms with Gasteiger partial charge in [0.2, 0.25) is 0 Å². The zero-order valence-electron chi connectivity index (χ0n) is 24.1. The summed E-state index contributed by atoms with van der Waals surface area (Å²) < 4.78 is 12.1. The molecule has 4 heteroatoms. The molecule has 1 atom stereocenters. The number of nitrogens with zero attached hydrogens (tertiary/aromatic N) is 1. The van der Waals surface area contributed by atoms with E-state index in [-0.39, 0.29) is 12.0 Å². The fourth-order valence-corrected chi connectivity index (χ4v) is 4.63. The Morgan fingerprint density at radius 3 is 2.05 bits per heavy atom. The molecule has 0 N–H and O–H groups in total. The van der Waals surface area contributed by atoms with Gasteiger partial charge in [-0.1, -0.05) is 107 Å². The molecule has 0 aromatic heterocycles. The maximum absolute atomic E-state index is 12.6. The van der Waals surface area contributed by atoms with Gasteiger partial charge in [-0.15, -0.1) is 0 Å². The van der Waals surface area contributed by atoms with Gasteiger partial charge in [0.1, 0.15) is 12.3 Å². The molecule has 0 spiro atoms. The largest absolute Gasteiger partial charge is 0.493 e. The third-order valence-electron chi connectivity index (χ3n) is 7.34. The van der Waals surface area contributed by atoms with Crippen LogP contribution in [-0.4, -0.2) is 43.8 Å². The van der Waals surface area contributed by atoms with Gasteiger partial charge in [0.15, 0.2) is 6.04 Å². The lowest BCUT2D eigenvalue weighted by Gasteiger charge is -2.34. The third kappa shape index (κ3) is 13.2. The molecule has 0 saturated heterocycles.